The van der Waals surface area contributed by atoms with Crippen molar-refractivity contribution >= 4 is 11.8 Å². The first-order valence-electron chi connectivity index (χ1n) is 10.8. The molecule has 0 radical (unpaired) electrons. The van der Waals surface area contributed by atoms with E-state index in [1.165, 1.54) is 12.8 Å². The molecule has 154 valence electrons. The zero-order chi connectivity index (χ0) is 20.5. The quantitative estimate of drug-likeness (QED) is 0.375. The van der Waals surface area contributed by atoms with Gasteiger partial charge in [-0.25, -0.2) is 4.79 Å². The first-order chi connectivity index (χ1) is 13.0. The molecule has 3 aliphatic carbocycles. The fraction of sp³-hybridized carbons (Fsp3) is 0.750. The number of esters is 1. The Labute approximate surface area is 168 Å². The Morgan fingerprint density at radius 2 is 1.79 bits per heavy atom. The molecular formula is C24H34O4. The Bertz CT molecular complexity index is 788. The second-order valence-electron chi connectivity index (χ2n) is 10.7. The Hall–Kier alpha value is -1.58. The standard InChI is InChI=1S/C24H34O4/c1-14-15(2)18(12-17(14)25)27-13-16-20-23(5)10-7-9-22(3,4)19(23)8-11-24(20,6)28-21(16)26/h13,18-20H,7-12H2,1-6H3/b16-13+/t18?,19-,20+,23-,24+/m0/s1. The molecule has 0 aromatic carbocycles. The topological polar surface area (TPSA) is 52.6 Å². The van der Waals surface area contributed by atoms with Gasteiger partial charge in [0.2, 0.25) is 0 Å². The van der Waals surface area contributed by atoms with E-state index in [-0.39, 0.29) is 34.6 Å². The van der Waals surface area contributed by atoms with Crippen LogP contribution in [0.5, 0.6) is 0 Å². The second kappa shape index (κ2) is 6.21. The third kappa shape index (κ3) is 2.70. The molecule has 0 amide bonds. The summed E-state index contributed by atoms with van der Waals surface area (Å²) in [7, 11) is 0. The molecule has 0 aromatic rings. The van der Waals surface area contributed by atoms with E-state index in [4.69, 9.17) is 9.47 Å². The van der Waals surface area contributed by atoms with Gasteiger partial charge in [0.25, 0.3) is 0 Å². The highest BCUT2D eigenvalue weighted by Gasteiger charge is 2.65. The number of allylic oxidation sites excluding steroid dienone is 1. The Kier molecular flexibility index (Phi) is 4.37. The van der Waals surface area contributed by atoms with Gasteiger partial charge in [-0.3, -0.25) is 4.79 Å². The van der Waals surface area contributed by atoms with Crippen LogP contribution in [-0.4, -0.2) is 23.5 Å². The van der Waals surface area contributed by atoms with Crippen LogP contribution in [0.1, 0.15) is 80.1 Å². The van der Waals surface area contributed by atoms with Gasteiger partial charge in [-0.2, -0.15) is 0 Å². The minimum Gasteiger partial charge on any atom is -0.493 e. The van der Waals surface area contributed by atoms with Crippen molar-refractivity contribution < 1.29 is 19.1 Å². The van der Waals surface area contributed by atoms with Gasteiger partial charge in [-0.05, 0) is 74.3 Å². The summed E-state index contributed by atoms with van der Waals surface area (Å²) in [6, 6.07) is 0. The molecule has 2 saturated carbocycles. The van der Waals surface area contributed by atoms with Gasteiger partial charge >= 0.3 is 5.97 Å². The molecule has 4 aliphatic rings. The third-order valence-electron chi connectivity index (χ3n) is 8.57. The highest BCUT2D eigenvalue weighted by atomic mass is 16.6. The number of fused-ring (bicyclic) bond motifs is 3. The van der Waals surface area contributed by atoms with Gasteiger partial charge in [0.05, 0.1) is 18.3 Å². The van der Waals surface area contributed by atoms with Crippen LogP contribution in [0.25, 0.3) is 0 Å². The molecule has 4 nitrogen and oxygen atoms in total. The van der Waals surface area contributed by atoms with E-state index in [0.717, 1.165) is 30.4 Å². The van der Waals surface area contributed by atoms with E-state index in [1.807, 2.05) is 13.8 Å². The fourth-order valence-corrected chi connectivity index (χ4v) is 7.05. The lowest BCUT2D eigenvalue weighted by molar-refractivity contribution is -0.164. The van der Waals surface area contributed by atoms with Crippen LogP contribution in [0.3, 0.4) is 0 Å². The number of Topliss-reactive ketones (excluding diaryl/α,β-unsaturated/α-hetero) is 1. The zero-order valence-corrected chi connectivity index (χ0v) is 18.2. The first kappa shape index (κ1) is 19.7. The van der Waals surface area contributed by atoms with Crippen LogP contribution in [-0.2, 0) is 19.1 Å². The molecule has 4 rings (SSSR count). The van der Waals surface area contributed by atoms with Crippen LogP contribution < -0.4 is 0 Å². The largest absolute Gasteiger partial charge is 0.493 e. The van der Waals surface area contributed by atoms with Crippen molar-refractivity contribution in [1.29, 1.82) is 0 Å². The zero-order valence-electron chi connectivity index (χ0n) is 18.2. The molecule has 28 heavy (non-hydrogen) atoms. The van der Waals surface area contributed by atoms with Crippen molar-refractivity contribution in [2.75, 3.05) is 0 Å². The molecule has 1 saturated heterocycles. The van der Waals surface area contributed by atoms with Crippen LogP contribution >= 0.6 is 0 Å². The van der Waals surface area contributed by atoms with Gasteiger partial charge in [0.1, 0.15) is 11.7 Å². The molecule has 0 spiro atoms. The number of ether oxygens (including phenoxy) is 2. The smallest absolute Gasteiger partial charge is 0.338 e. The lowest BCUT2D eigenvalue weighted by atomic mass is 9.45. The van der Waals surface area contributed by atoms with Crippen molar-refractivity contribution in [3.8, 4) is 0 Å². The number of ketones is 1. The lowest BCUT2D eigenvalue weighted by Crippen LogP contribution is -2.56. The first-order valence-corrected chi connectivity index (χ1v) is 10.8. The van der Waals surface area contributed by atoms with Crippen molar-refractivity contribution in [2.24, 2.45) is 22.7 Å². The third-order valence-corrected chi connectivity index (χ3v) is 8.57. The summed E-state index contributed by atoms with van der Waals surface area (Å²) in [6.07, 6.45) is 7.32. The van der Waals surface area contributed by atoms with Gasteiger partial charge in [0, 0.05) is 5.92 Å². The highest BCUT2D eigenvalue weighted by Crippen LogP contribution is 2.66. The van der Waals surface area contributed by atoms with E-state index >= 15 is 0 Å². The highest BCUT2D eigenvalue weighted by molar-refractivity contribution is 5.99. The van der Waals surface area contributed by atoms with Crippen LogP contribution in [0.15, 0.2) is 23.0 Å². The molecule has 0 bridgehead atoms. The predicted molar refractivity (Wildman–Crippen MR) is 107 cm³/mol. The average Bonchev–Trinajstić information content (AvgIpc) is 2.99. The van der Waals surface area contributed by atoms with Gasteiger partial charge in [-0.1, -0.05) is 27.2 Å². The predicted octanol–water partition coefficient (Wildman–Crippen LogP) is 5.12. The monoisotopic (exact) mass is 386 g/mol. The molecule has 1 heterocycles. The van der Waals surface area contributed by atoms with Crippen molar-refractivity contribution in [3.05, 3.63) is 23.0 Å². The number of carbonyl (C=O) groups excluding carboxylic acids is 2. The lowest BCUT2D eigenvalue weighted by Gasteiger charge is -2.59. The summed E-state index contributed by atoms with van der Waals surface area (Å²) in [4.78, 5) is 24.9. The SMILES string of the molecule is CC1=C(C)C(O/C=C2/C(=O)O[C@]3(C)CC[C@H]4C(C)(C)CCC[C@]4(C)[C@@H]23)CC1=O. The Balaban J connectivity index is 1.68. The molecule has 1 aliphatic heterocycles. The van der Waals surface area contributed by atoms with E-state index in [2.05, 4.69) is 27.7 Å². The number of carbonyl (C=O) groups is 2. The summed E-state index contributed by atoms with van der Waals surface area (Å²) < 4.78 is 12.0. The van der Waals surface area contributed by atoms with E-state index < -0.39 is 5.60 Å². The Morgan fingerprint density at radius 1 is 1.07 bits per heavy atom. The molecular weight excluding hydrogens is 352 g/mol. The normalized spacial score (nSPS) is 43.8. The number of hydrogen-bond donors (Lipinski definition) is 0. The maximum absolute atomic E-state index is 12.9. The number of hydrogen-bond acceptors (Lipinski definition) is 4. The van der Waals surface area contributed by atoms with Crippen molar-refractivity contribution in [2.45, 2.75) is 91.8 Å². The minimum atomic E-state index is -0.447. The van der Waals surface area contributed by atoms with E-state index in [0.29, 0.717) is 17.9 Å². The number of rotatable bonds is 2. The Morgan fingerprint density at radius 3 is 2.43 bits per heavy atom. The maximum atomic E-state index is 12.9. The molecule has 4 heteroatoms. The van der Waals surface area contributed by atoms with Crippen molar-refractivity contribution in [1.82, 2.24) is 0 Å². The molecule has 3 fully saturated rings. The molecule has 5 atom stereocenters. The second-order valence-corrected chi connectivity index (χ2v) is 10.7. The molecule has 0 N–H and O–H groups in total. The summed E-state index contributed by atoms with van der Waals surface area (Å²) >= 11 is 0. The summed E-state index contributed by atoms with van der Waals surface area (Å²) in [5.74, 6) is 0.522. The maximum Gasteiger partial charge on any atom is 0.338 e. The summed E-state index contributed by atoms with van der Waals surface area (Å²) in [6.45, 7) is 13.0. The van der Waals surface area contributed by atoms with Crippen LogP contribution in [0.2, 0.25) is 0 Å². The summed E-state index contributed by atoms with van der Waals surface area (Å²) in [5.41, 5.74) is 2.31. The van der Waals surface area contributed by atoms with Gasteiger partial charge < -0.3 is 9.47 Å². The minimum absolute atomic E-state index is 0.0302. The van der Waals surface area contributed by atoms with E-state index in [1.54, 1.807) is 6.26 Å². The van der Waals surface area contributed by atoms with Crippen LogP contribution in [0, 0.1) is 22.7 Å². The van der Waals surface area contributed by atoms with E-state index in [9.17, 15) is 9.59 Å². The fourth-order valence-electron chi connectivity index (χ4n) is 7.05. The van der Waals surface area contributed by atoms with Crippen molar-refractivity contribution in [3.63, 3.8) is 0 Å². The van der Waals surface area contributed by atoms with Gasteiger partial charge in [-0.15, -0.1) is 0 Å². The average molecular weight is 387 g/mol. The molecule has 0 aromatic heterocycles. The molecule has 1 unspecified atom stereocenters. The van der Waals surface area contributed by atoms with Crippen LogP contribution in [0.4, 0.5) is 0 Å². The summed E-state index contributed by atoms with van der Waals surface area (Å²) in [5, 5.41) is 0. The van der Waals surface area contributed by atoms with Gasteiger partial charge in [0.15, 0.2) is 5.78 Å².